The van der Waals surface area contributed by atoms with Crippen molar-refractivity contribution >= 4 is 29.0 Å². The van der Waals surface area contributed by atoms with Gasteiger partial charge in [-0.1, -0.05) is 12.1 Å². The molecule has 3 atom stereocenters. The van der Waals surface area contributed by atoms with E-state index in [1.54, 1.807) is 6.07 Å². The first-order chi connectivity index (χ1) is 17.1. The maximum absolute atomic E-state index is 13.7. The number of hydrogen-bond donors (Lipinski definition) is 5. The minimum absolute atomic E-state index is 0.00745. The number of primary amides is 1. The normalized spacial score (nSPS) is 25.4. The number of aliphatic hydroxyl groups excluding tert-OH is 2. The Morgan fingerprint density at radius 1 is 1.11 bits per heavy atom. The van der Waals surface area contributed by atoms with Crippen LogP contribution in [0.2, 0.25) is 0 Å². The van der Waals surface area contributed by atoms with Crippen LogP contribution in [-0.2, 0) is 20.8 Å². The van der Waals surface area contributed by atoms with Crippen LogP contribution in [0.5, 0.6) is 5.75 Å². The lowest BCUT2D eigenvalue weighted by atomic mass is 9.62. The standard InChI is InChI=1S/C27H26N2O7/c1-11(30)29-15-4-2-3-12(8-15)16-5-6-18(31)22-17(16)9-13-7-14-10-19(32)23(27(28)36)26(35)21(14)24(33)20(13)25(22)34/h4-6,8,13-14,21,31-33H,2-3,7,9-10H2,1H3,(H2,28,36)(H,29,30)/t13-,14+,21?/m1/s1. The third-order valence-electron chi connectivity index (χ3n) is 7.54. The number of hydrogen-bond acceptors (Lipinski definition) is 7. The van der Waals surface area contributed by atoms with E-state index in [0.29, 0.717) is 36.9 Å². The van der Waals surface area contributed by atoms with Gasteiger partial charge in [-0.15, -0.1) is 0 Å². The smallest absolute Gasteiger partial charge is 0.255 e. The molecular formula is C27H26N2O7. The molecule has 186 valence electrons. The van der Waals surface area contributed by atoms with Crippen molar-refractivity contribution in [2.45, 2.75) is 39.0 Å². The van der Waals surface area contributed by atoms with Crippen molar-refractivity contribution in [1.29, 1.82) is 0 Å². The first-order valence-electron chi connectivity index (χ1n) is 11.9. The number of nitrogens with one attached hydrogen (secondary N) is 1. The van der Waals surface area contributed by atoms with Gasteiger partial charge in [-0.3, -0.25) is 19.2 Å². The van der Waals surface area contributed by atoms with Crippen molar-refractivity contribution < 1.29 is 34.5 Å². The van der Waals surface area contributed by atoms with Crippen LogP contribution in [0.15, 0.2) is 52.6 Å². The number of phenolic OH excluding ortho intramolecular Hbond substituents is 1. The molecular weight excluding hydrogens is 464 g/mol. The Morgan fingerprint density at radius 2 is 1.86 bits per heavy atom. The van der Waals surface area contributed by atoms with E-state index in [0.717, 1.165) is 11.1 Å². The van der Waals surface area contributed by atoms with Crippen LogP contribution >= 0.6 is 0 Å². The van der Waals surface area contributed by atoms with E-state index in [2.05, 4.69) is 5.32 Å². The third-order valence-corrected chi connectivity index (χ3v) is 7.54. The van der Waals surface area contributed by atoms with Crippen LogP contribution in [0.25, 0.3) is 5.57 Å². The predicted octanol–water partition coefficient (Wildman–Crippen LogP) is 2.66. The van der Waals surface area contributed by atoms with Gasteiger partial charge in [-0.25, -0.2) is 0 Å². The first kappa shape index (κ1) is 23.6. The number of nitrogens with two attached hydrogens (primary N) is 1. The fraction of sp³-hybridized carbons (Fsp3) is 0.333. The minimum atomic E-state index is -1.14. The van der Waals surface area contributed by atoms with Gasteiger partial charge in [0.05, 0.1) is 11.5 Å². The Balaban J connectivity index is 1.59. The van der Waals surface area contributed by atoms with Gasteiger partial charge < -0.3 is 26.4 Å². The van der Waals surface area contributed by atoms with Crippen LogP contribution in [0.1, 0.15) is 54.1 Å². The molecule has 5 rings (SSSR count). The zero-order valence-electron chi connectivity index (χ0n) is 19.6. The number of benzene rings is 1. The van der Waals surface area contributed by atoms with Gasteiger partial charge in [0.15, 0.2) is 11.6 Å². The van der Waals surface area contributed by atoms with Crippen molar-refractivity contribution in [1.82, 2.24) is 5.32 Å². The molecule has 4 aliphatic carbocycles. The average molecular weight is 491 g/mol. The van der Waals surface area contributed by atoms with Gasteiger partial charge >= 0.3 is 0 Å². The zero-order valence-corrected chi connectivity index (χ0v) is 19.6. The summed E-state index contributed by atoms with van der Waals surface area (Å²) in [6.07, 6.45) is 5.82. The second-order valence-corrected chi connectivity index (χ2v) is 9.79. The molecule has 0 aromatic heterocycles. The van der Waals surface area contributed by atoms with Gasteiger partial charge in [-0.05, 0) is 66.4 Å². The van der Waals surface area contributed by atoms with Crippen LogP contribution < -0.4 is 11.1 Å². The number of aromatic hydroxyl groups is 1. The zero-order chi connectivity index (χ0) is 25.9. The molecule has 36 heavy (non-hydrogen) atoms. The quantitative estimate of drug-likeness (QED) is 0.406. The number of phenols is 1. The highest BCUT2D eigenvalue weighted by Crippen LogP contribution is 2.50. The number of carbonyl (C=O) groups excluding carboxylic acids is 4. The van der Waals surface area contributed by atoms with E-state index in [1.165, 1.54) is 13.0 Å². The summed E-state index contributed by atoms with van der Waals surface area (Å²) in [5.41, 5.74) is 7.89. The molecule has 0 heterocycles. The Kier molecular flexibility index (Phi) is 5.58. The van der Waals surface area contributed by atoms with Crippen molar-refractivity contribution in [2.75, 3.05) is 0 Å². The maximum atomic E-state index is 13.7. The Bertz CT molecular complexity index is 1380. The highest BCUT2D eigenvalue weighted by atomic mass is 16.3. The third kappa shape index (κ3) is 3.62. The summed E-state index contributed by atoms with van der Waals surface area (Å²) in [6, 6.07) is 3.19. The highest BCUT2D eigenvalue weighted by Gasteiger charge is 2.50. The number of amides is 2. The molecule has 9 nitrogen and oxygen atoms in total. The Morgan fingerprint density at radius 3 is 2.56 bits per heavy atom. The number of aliphatic hydroxyl groups is 2. The van der Waals surface area contributed by atoms with Gasteiger partial charge in [0.1, 0.15) is 22.8 Å². The lowest BCUT2D eigenvalue weighted by Crippen LogP contribution is -2.43. The van der Waals surface area contributed by atoms with Gasteiger partial charge in [-0.2, -0.15) is 0 Å². The van der Waals surface area contributed by atoms with Crippen LogP contribution in [0.3, 0.4) is 0 Å². The van der Waals surface area contributed by atoms with Gasteiger partial charge in [0.2, 0.25) is 5.91 Å². The number of rotatable bonds is 3. The summed E-state index contributed by atoms with van der Waals surface area (Å²) < 4.78 is 0. The molecule has 6 N–H and O–H groups in total. The fourth-order valence-corrected chi connectivity index (χ4v) is 6.15. The summed E-state index contributed by atoms with van der Waals surface area (Å²) in [6.45, 7) is 1.43. The number of carbonyl (C=O) groups is 4. The number of Topliss-reactive ketones (excluding diaryl/α,β-unsaturated/α-hetero) is 2. The molecule has 0 saturated carbocycles. The Hall–Kier alpha value is -4.14. The predicted molar refractivity (Wildman–Crippen MR) is 128 cm³/mol. The largest absolute Gasteiger partial charge is 0.511 e. The van der Waals surface area contributed by atoms with Crippen molar-refractivity contribution in [2.24, 2.45) is 23.5 Å². The molecule has 2 amide bonds. The number of allylic oxidation sites excluding steroid dienone is 6. The molecule has 4 aliphatic rings. The SMILES string of the molecule is CC(=O)NC1=CCCC(c2ccc(O)c3c2C[C@H]2C[C@H]4CC(O)=C(C(N)=O)C(=O)C4C(O)=C2C3=O)=C1. The van der Waals surface area contributed by atoms with E-state index in [9.17, 15) is 34.5 Å². The highest BCUT2D eigenvalue weighted by molar-refractivity contribution is 6.22. The summed E-state index contributed by atoms with van der Waals surface area (Å²) in [5.74, 6) is -5.72. The number of ketones is 2. The molecule has 0 saturated heterocycles. The fourth-order valence-electron chi connectivity index (χ4n) is 6.15. The van der Waals surface area contributed by atoms with Crippen LogP contribution in [0, 0.1) is 17.8 Å². The van der Waals surface area contributed by atoms with Crippen LogP contribution in [-0.4, -0.2) is 38.7 Å². The molecule has 1 aromatic carbocycles. The summed E-state index contributed by atoms with van der Waals surface area (Å²) in [7, 11) is 0. The van der Waals surface area contributed by atoms with E-state index in [4.69, 9.17) is 5.73 Å². The molecule has 1 aromatic rings. The monoisotopic (exact) mass is 490 g/mol. The minimum Gasteiger partial charge on any atom is -0.511 e. The average Bonchev–Trinajstić information content (AvgIpc) is 2.78. The molecule has 1 unspecified atom stereocenters. The Labute approximate surface area is 206 Å². The lowest BCUT2D eigenvalue weighted by molar-refractivity contribution is -0.126. The molecule has 0 bridgehead atoms. The van der Waals surface area contributed by atoms with Crippen LogP contribution in [0.4, 0.5) is 0 Å². The van der Waals surface area contributed by atoms with Crippen molar-refractivity contribution in [3.63, 3.8) is 0 Å². The van der Waals surface area contributed by atoms with Crippen molar-refractivity contribution in [3.05, 3.63) is 69.3 Å². The maximum Gasteiger partial charge on any atom is 0.255 e. The van der Waals surface area contributed by atoms with Gasteiger partial charge in [0, 0.05) is 24.6 Å². The van der Waals surface area contributed by atoms with E-state index in [1.807, 2.05) is 12.2 Å². The van der Waals surface area contributed by atoms with E-state index < -0.39 is 52.3 Å². The molecule has 9 heteroatoms. The molecule has 0 fully saturated rings. The molecule has 0 aliphatic heterocycles. The topological polar surface area (TPSA) is 167 Å². The van der Waals surface area contributed by atoms with E-state index in [-0.39, 0.29) is 29.2 Å². The molecule has 0 spiro atoms. The second-order valence-electron chi connectivity index (χ2n) is 9.79. The summed E-state index contributed by atoms with van der Waals surface area (Å²) in [4.78, 5) is 49.9. The first-order valence-corrected chi connectivity index (χ1v) is 11.9. The molecule has 0 radical (unpaired) electrons. The summed E-state index contributed by atoms with van der Waals surface area (Å²) >= 11 is 0. The second kappa shape index (κ2) is 8.51. The lowest BCUT2D eigenvalue weighted by Gasteiger charge is -2.41. The number of fused-ring (bicyclic) bond motifs is 3. The van der Waals surface area contributed by atoms with E-state index >= 15 is 0 Å². The van der Waals surface area contributed by atoms with Crippen molar-refractivity contribution in [3.8, 4) is 5.75 Å². The summed E-state index contributed by atoms with van der Waals surface area (Å²) in [5, 5.41) is 34.8. The van der Waals surface area contributed by atoms with Gasteiger partial charge in [0.25, 0.3) is 5.91 Å².